The first kappa shape index (κ1) is 15.3. The van der Waals surface area contributed by atoms with Crippen molar-refractivity contribution in [1.82, 2.24) is 5.43 Å². The third-order valence-electron chi connectivity index (χ3n) is 4.28. The molecule has 3 unspecified atom stereocenters. The van der Waals surface area contributed by atoms with Crippen LogP contribution in [0.3, 0.4) is 0 Å². The van der Waals surface area contributed by atoms with Gasteiger partial charge in [0, 0.05) is 6.04 Å². The molecule has 0 saturated heterocycles. The highest BCUT2D eigenvalue weighted by atomic mass is 19.4. The molecule has 0 radical (unpaired) electrons. The van der Waals surface area contributed by atoms with E-state index in [1.165, 1.54) is 0 Å². The number of hydrogen-bond acceptors (Lipinski definition) is 2. The minimum Gasteiger partial charge on any atom is -0.271 e. The van der Waals surface area contributed by atoms with Crippen LogP contribution < -0.4 is 11.3 Å². The maximum atomic E-state index is 13.2. The molecule has 1 aromatic carbocycles. The van der Waals surface area contributed by atoms with Gasteiger partial charge in [0.1, 0.15) is 0 Å². The summed E-state index contributed by atoms with van der Waals surface area (Å²) in [5.41, 5.74) is 4.53. The van der Waals surface area contributed by atoms with Gasteiger partial charge in [-0.15, -0.1) is 0 Å². The molecule has 3 atom stereocenters. The Labute approximate surface area is 117 Å². The largest absolute Gasteiger partial charge is 0.392 e. The summed E-state index contributed by atoms with van der Waals surface area (Å²) in [6.07, 6.45) is -1.90. The van der Waals surface area contributed by atoms with E-state index in [4.69, 9.17) is 5.84 Å². The van der Waals surface area contributed by atoms with Crippen LogP contribution >= 0.6 is 0 Å². The van der Waals surface area contributed by atoms with Gasteiger partial charge in [-0.05, 0) is 31.2 Å². The predicted molar refractivity (Wildman–Crippen MR) is 72.7 cm³/mol. The summed E-state index contributed by atoms with van der Waals surface area (Å²) in [7, 11) is 0. The predicted octanol–water partition coefficient (Wildman–Crippen LogP) is 3.87. The number of halogens is 3. The van der Waals surface area contributed by atoms with Crippen LogP contribution in [0, 0.1) is 18.8 Å². The molecule has 1 fully saturated rings. The number of alkyl halides is 3. The Kier molecular flexibility index (Phi) is 4.70. The van der Waals surface area contributed by atoms with E-state index in [0.29, 0.717) is 12.8 Å². The Hall–Kier alpha value is -1.07. The minimum absolute atomic E-state index is 0.207. The molecule has 112 valence electrons. The summed E-state index contributed by atoms with van der Waals surface area (Å²) in [6, 6.07) is 7.10. The molecule has 5 heteroatoms. The fourth-order valence-corrected chi connectivity index (χ4v) is 3.21. The second-order valence-corrected chi connectivity index (χ2v) is 5.65. The van der Waals surface area contributed by atoms with Crippen LogP contribution in [0.5, 0.6) is 0 Å². The van der Waals surface area contributed by atoms with Gasteiger partial charge in [-0.2, -0.15) is 13.2 Å². The second-order valence-electron chi connectivity index (χ2n) is 5.65. The summed E-state index contributed by atoms with van der Waals surface area (Å²) in [4.78, 5) is 0. The minimum atomic E-state index is -4.15. The highest BCUT2D eigenvalue weighted by Crippen LogP contribution is 2.46. The van der Waals surface area contributed by atoms with E-state index >= 15 is 0 Å². The lowest BCUT2D eigenvalue weighted by Gasteiger charge is -2.38. The van der Waals surface area contributed by atoms with Gasteiger partial charge in [-0.1, -0.05) is 42.7 Å². The molecule has 0 bridgehead atoms. The third kappa shape index (κ3) is 3.33. The van der Waals surface area contributed by atoms with Crippen molar-refractivity contribution in [3.63, 3.8) is 0 Å². The van der Waals surface area contributed by atoms with E-state index in [9.17, 15) is 13.2 Å². The van der Waals surface area contributed by atoms with Crippen molar-refractivity contribution in [2.45, 2.75) is 44.8 Å². The fraction of sp³-hybridized carbons (Fsp3) is 0.600. The number of aryl methyl sites for hydroxylation is 1. The summed E-state index contributed by atoms with van der Waals surface area (Å²) >= 11 is 0. The molecule has 2 nitrogen and oxygen atoms in total. The molecule has 1 aliphatic rings. The van der Waals surface area contributed by atoms with Crippen LogP contribution in [0.25, 0.3) is 0 Å². The van der Waals surface area contributed by atoms with Gasteiger partial charge in [0.2, 0.25) is 0 Å². The van der Waals surface area contributed by atoms with Crippen molar-refractivity contribution >= 4 is 0 Å². The monoisotopic (exact) mass is 286 g/mol. The van der Waals surface area contributed by atoms with Gasteiger partial charge < -0.3 is 0 Å². The lowest BCUT2D eigenvalue weighted by molar-refractivity contribution is -0.199. The summed E-state index contributed by atoms with van der Waals surface area (Å²) in [6.45, 7) is 1.95. The fourth-order valence-electron chi connectivity index (χ4n) is 3.21. The van der Waals surface area contributed by atoms with Crippen LogP contribution in [0.15, 0.2) is 24.3 Å². The summed E-state index contributed by atoms with van der Waals surface area (Å²) in [5, 5.41) is 0. The molecular weight excluding hydrogens is 265 g/mol. The van der Waals surface area contributed by atoms with E-state index in [0.717, 1.165) is 17.5 Å². The maximum Gasteiger partial charge on any atom is 0.392 e. The number of benzene rings is 1. The van der Waals surface area contributed by atoms with Gasteiger partial charge in [0.05, 0.1) is 5.92 Å². The smallest absolute Gasteiger partial charge is 0.271 e. The van der Waals surface area contributed by atoms with Crippen LogP contribution in [0.2, 0.25) is 0 Å². The van der Waals surface area contributed by atoms with Crippen LogP contribution in [0.4, 0.5) is 13.2 Å². The first-order chi connectivity index (χ1) is 9.43. The normalized spacial score (nSPS) is 25.4. The first-order valence-corrected chi connectivity index (χ1v) is 7.03. The summed E-state index contributed by atoms with van der Waals surface area (Å²) < 4.78 is 39.6. The standard InChI is InChI=1S/C15H21F3N2/c1-10-6-8-11(9-7-10)14(20-19)12-4-2-3-5-13(12)15(16,17)18/h6-9,12-14,20H,2-5,19H2,1H3. The van der Waals surface area contributed by atoms with Gasteiger partial charge in [0.25, 0.3) is 0 Å². The zero-order valence-electron chi connectivity index (χ0n) is 11.6. The lowest BCUT2D eigenvalue weighted by atomic mass is 9.73. The highest BCUT2D eigenvalue weighted by Gasteiger charge is 2.47. The Morgan fingerprint density at radius 2 is 1.75 bits per heavy atom. The molecule has 1 aromatic rings. The Morgan fingerprint density at radius 1 is 1.15 bits per heavy atom. The van der Waals surface area contributed by atoms with E-state index in [1.807, 2.05) is 31.2 Å². The molecule has 0 aliphatic heterocycles. The van der Waals surface area contributed by atoms with E-state index in [1.54, 1.807) is 0 Å². The van der Waals surface area contributed by atoms with E-state index < -0.39 is 24.1 Å². The van der Waals surface area contributed by atoms with Crippen molar-refractivity contribution in [1.29, 1.82) is 0 Å². The van der Waals surface area contributed by atoms with Gasteiger partial charge in [0.15, 0.2) is 0 Å². The molecular formula is C15H21F3N2. The van der Waals surface area contributed by atoms with Crippen molar-refractivity contribution < 1.29 is 13.2 Å². The van der Waals surface area contributed by atoms with Crippen LogP contribution in [-0.4, -0.2) is 6.18 Å². The molecule has 1 saturated carbocycles. The van der Waals surface area contributed by atoms with Crippen molar-refractivity contribution in [2.75, 3.05) is 0 Å². The molecule has 0 aromatic heterocycles. The zero-order valence-corrected chi connectivity index (χ0v) is 11.6. The van der Waals surface area contributed by atoms with E-state index in [-0.39, 0.29) is 6.42 Å². The van der Waals surface area contributed by atoms with Crippen molar-refractivity contribution in [3.05, 3.63) is 35.4 Å². The topological polar surface area (TPSA) is 38.0 Å². The number of hydrazine groups is 1. The van der Waals surface area contributed by atoms with E-state index in [2.05, 4.69) is 5.43 Å². The second kappa shape index (κ2) is 6.14. The Bertz CT molecular complexity index is 428. The molecule has 20 heavy (non-hydrogen) atoms. The van der Waals surface area contributed by atoms with Gasteiger partial charge >= 0.3 is 6.18 Å². The van der Waals surface area contributed by atoms with Gasteiger partial charge in [-0.25, -0.2) is 0 Å². The molecule has 0 amide bonds. The Balaban J connectivity index is 2.26. The third-order valence-corrected chi connectivity index (χ3v) is 4.28. The summed E-state index contributed by atoms with van der Waals surface area (Å²) in [5.74, 6) is 3.81. The SMILES string of the molecule is Cc1ccc(C(NN)C2CCCCC2C(F)(F)F)cc1. The average Bonchev–Trinajstić information content (AvgIpc) is 2.41. The van der Waals surface area contributed by atoms with Crippen molar-refractivity contribution in [3.8, 4) is 0 Å². The molecule has 2 rings (SSSR count). The molecule has 3 N–H and O–H groups in total. The quantitative estimate of drug-likeness (QED) is 0.654. The van der Waals surface area contributed by atoms with Gasteiger partial charge in [-0.3, -0.25) is 11.3 Å². The number of hydrogen-bond donors (Lipinski definition) is 2. The molecule has 0 heterocycles. The Morgan fingerprint density at radius 3 is 2.30 bits per heavy atom. The average molecular weight is 286 g/mol. The molecule has 1 aliphatic carbocycles. The number of nitrogens with one attached hydrogen (secondary N) is 1. The lowest BCUT2D eigenvalue weighted by Crippen LogP contribution is -2.42. The zero-order chi connectivity index (χ0) is 14.8. The van der Waals surface area contributed by atoms with Crippen LogP contribution in [-0.2, 0) is 0 Å². The first-order valence-electron chi connectivity index (χ1n) is 7.03. The highest BCUT2D eigenvalue weighted by molar-refractivity contribution is 5.25. The van der Waals surface area contributed by atoms with Crippen LogP contribution in [0.1, 0.15) is 42.9 Å². The number of nitrogens with two attached hydrogens (primary N) is 1. The molecule has 0 spiro atoms. The van der Waals surface area contributed by atoms with Crippen molar-refractivity contribution in [2.24, 2.45) is 17.7 Å². The number of rotatable bonds is 3. The maximum absolute atomic E-state index is 13.2.